The smallest absolute Gasteiger partial charge is 0.245 e. The zero-order valence-electron chi connectivity index (χ0n) is 18.1. The van der Waals surface area contributed by atoms with Gasteiger partial charge >= 0.3 is 0 Å². The minimum absolute atomic E-state index is 0.00834. The second-order valence-electron chi connectivity index (χ2n) is 10.2. The Balaban J connectivity index is 1.39. The zero-order valence-corrected chi connectivity index (χ0v) is 18.1. The third-order valence-corrected chi connectivity index (χ3v) is 7.54. The van der Waals surface area contributed by atoms with Crippen molar-refractivity contribution in [2.24, 2.45) is 29.1 Å². The zero-order chi connectivity index (χ0) is 20.6. The number of carbonyl (C=O) groups is 2. The summed E-state index contributed by atoms with van der Waals surface area (Å²) in [5, 5.41) is 3.21. The number of amides is 2. The van der Waals surface area contributed by atoms with Crippen LogP contribution in [0.5, 0.6) is 0 Å². The molecule has 1 heterocycles. The molecular formula is C24H35N3O2. The summed E-state index contributed by atoms with van der Waals surface area (Å²) in [4.78, 5) is 32.7. The number of aromatic nitrogens is 1. The minimum atomic E-state index is -0.454. The SMILES string of the molecule is CC(C)C(NC(=O)C12CC3CC(CC(C3)C1)C2)C(=O)N(C)CCc1ccccn1. The van der Waals surface area contributed by atoms with Gasteiger partial charge in [0.2, 0.25) is 11.8 Å². The summed E-state index contributed by atoms with van der Waals surface area (Å²) in [5.41, 5.74) is 0.764. The van der Waals surface area contributed by atoms with Gasteiger partial charge in [0, 0.05) is 37.3 Å². The number of nitrogens with one attached hydrogen (secondary N) is 1. The van der Waals surface area contributed by atoms with Gasteiger partial charge in [0.1, 0.15) is 6.04 Å². The van der Waals surface area contributed by atoms with Crippen LogP contribution in [0.1, 0.15) is 58.1 Å². The first-order chi connectivity index (χ1) is 13.9. The molecule has 0 aliphatic heterocycles. The molecule has 1 aromatic rings. The summed E-state index contributed by atoms with van der Waals surface area (Å²) in [5.74, 6) is 2.39. The van der Waals surface area contributed by atoms with Crippen LogP contribution in [-0.4, -0.2) is 41.3 Å². The van der Waals surface area contributed by atoms with Crippen molar-refractivity contribution in [3.63, 3.8) is 0 Å². The Morgan fingerprint density at radius 3 is 2.28 bits per heavy atom. The maximum atomic E-state index is 13.4. The van der Waals surface area contributed by atoms with Gasteiger partial charge in [-0.05, 0) is 74.3 Å². The average Bonchev–Trinajstić information content (AvgIpc) is 2.69. The molecule has 1 aromatic heterocycles. The molecule has 0 saturated heterocycles. The molecule has 4 fully saturated rings. The molecular weight excluding hydrogens is 362 g/mol. The summed E-state index contributed by atoms with van der Waals surface area (Å²) in [6.07, 6.45) is 9.52. The van der Waals surface area contributed by atoms with E-state index in [-0.39, 0.29) is 23.1 Å². The summed E-state index contributed by atoms with van der Waals surface area (Å²) in [6.45, 7) is 4.65. The molecule has 4 bridgehead atoms. The van der Waals surface area contributed by atoms with Crippen LogP contribution < -0.4 is 5.32 Å². The lowest BCUT2D eigenvalue weighted by atomic mass is 9.49. The maximum Gasteiger partial charge on any atom is 0.245 e. The van der Waals surface area contributed by atoms with Gasteiger partial charge in [-0.15, -0.1) is 0 Å². The van der Waals surface area contributed by atoms with E-state index >= 15 is 0 Å². The number of rotatable bonds is 7. The van der Waals surface area contributed by atoms with Crippen LogP contribution in [0.15, 0.2) is 24.4 Å². The van der Waals surface area contributed by atoms with Crippen molar-refractivity contribution in [3.05, 3.63) is 30.1 Å². The van der Waals surface area contributed by atoms with Gasteiger partial charge < -0.3 is 10.2 Å². The molecule has 29 heavy (non-hydrogen) atoms. The number of pyridine rings is 1. The number of carbonyl (C=O) groups excluding carboxylic acids is 2. The number of hydrogen-bond donors (Lipinski definition) is 1. The molecule has 1 N–H and O–H groups in total. The van der Waals surface area contributed by atoms with E-state index in [1.807, 2.05) is 39.1 Å². The van der Waals surface area contributed by atoms with Gasteiger partial charge in [0.05, 0.1) is 0 Å². The lowest BCUT2D eigenvalue weighted by molar-refractivity contribution is -0.150. The molecule has 1 unspecified atom stereocenters. The van der Waals surface area contributed by atoms with E-state index in [4.69, 9.17) is 0 Å². The van der Waals surface area contributed by atoms with Crippen molar-refractivity contribution in [2.75, 3.05) is 13.6 Å². The molecule has 5 rings (SSSR count). The van der Waals surface area contributed by atoms with Crippen LogP contribution in [0.4, 0.5) is 0 Å². The van der Waals surface area contributed by atoms with Crippen LogP contribution in [0.3, 0.4) is 0 Å². The van der Waals surface area contributed by atoms with Crippen molar-refractivity contribution in [2.45, 2.75) is 64.8 Å². The molecule has 1 atom stereocenters. The third kappa shape index (κ3) is 4.19. The highest BCUT2D eigenvalue weighted by molar-refractivity contribution is 5.90. The largest absolute Gasteiger partial charge is 0.344 e. The lowest BCUT2D eigenvalue weighted by Gasteiger charge is -2.56. The first-order valence-electron chi connectivity index (χ1n) is 11.3. The van der Waals surface area contributed by atoms with Gasteiger partial charge in [-0.1, -0.05) is 19.9 Å². The van der Waals surface area contributed by atoms with Crippen LogP contribution >= 0.6 is 0 Å². The van der Waals surface area contributed by atoms with E-state index < -0.39 is 6.04 Å². The highest BCUT2D eigenvalue weighted by Gasteiger charge is 2.55. The normalized spacial score (nSPS) is 31.0. The van der Waals surface area contributed by atoms with Crippen molar-refractivity contribution in [1.29, 1.82) is 0 Å². The molecule has 4 aliphatic carbocycles. The summed E-state index contributed by atoms with van der Waals surface area (Å²) in [7, 11) is 1.83. The number of likely N-dealkylation sites (N-methyl/N-ethyl adjacent to an activating group) is 1. The highest BCUT2D eigenvalue weighted by atomic mass is 16.2. The Labute approximate surface area is 174 Å². The van der Waals surface area contributed by atoms with Crippen molar-refractivity contribution in [1.82, 2.24) is 15.2 Å². The molecule has 5 nitrogen and oxygen atoms in total. The highest BCUT2D eigenvalue weighted by Crippen LogP contribution is 2.60. The van der Waals surface area contributed by atoms with Crippen molar-refractivity contribution in [3.8, 4) is 0 Å². The molecule has 0 spiro atoms. The van der Waals surface area contributed by atoms with E-state index in [1.54, 1.807) is 11.1 Å². The Morgan fingerprint density at radius 2 is 1.76 bits per heavy atom. The Kier molecular flexibility index (Phi) is 5.67. The van der Waals surface area contributed by atoms with Crippen LogP contribution in [0.25, 0.3) is 0 Å². The first kappa shape index (κ1) is 20.4. The summed E-state index contributed by atoms with van der Waals surface area (Å²) < 4.78 is 0. The van der Waals surface area contributed by atoms with E-state index in [9.17, 15) is 9.59 Å². The fourth-order valence-electron chi connectivity index (χ4n) is 6.37. The molecule has 2 amide bonds. The molecule has 158 valence electrons. The fourth-order valence-corrected chi connectivity index (χ4v) is 6.37. The van der Waals surface area contributed by atoms with E-state index in [0.717, 1.165) is 49.1 Å². The number of nitrogens with zero attached hydrogens (tertiary/aromatic N) is 2. The van der Waals surface area contributed by atoms with Gasteiger partial charge in [-0.2, -0.15) is 0 Å². The van der Waals surface area contributed by atoms with Gasteiger partial charge in [-0.3, -0.25) is 14.6 Å². The van der Waals surface area contributed by atoms with E-state index in [1.165, 1.54) is 19.3 Å². The first-order valence-corrected chi connectivity index (χ1v) is 11.3. The average molecular weight is 398 g/mol. The Morgan fingerprint density at radius 1 is 1.14 bits per heavy atom. The van der Waals surface area contributed by atoms with Crippen LogP contribution in [0.2, 0.25) is 0 Å². The second-order valence-corrected chi connectivity index (χ2v) is 10.2. The molecule has 0 aromatic carbocycles. The molecule has 4 saturated carbocycles. The van der Waals surface area contributed by atoms with Gasteiger partial charge in [0.15, 0.2) is 0 Å². The monoisotopic (exact) mass is 397 g/mol. The molecule has 0 radical (unpaired) electrons. The molecule has 4 aliphatic rings. The predicted molar refractivity (Wildman–Crippen MR) is 113 cm³/mol. The lowest BCUT2D eigenvalue weighted by Crippen LogP contribution is -2.58. The van der Waals surface area contributed by atoms with Crippen LogP contribution in [-0.2, 0) is 16.0 Å². The quantitative estimate of drug-likeness (QED) is 0.767. The summed E-state index contributed by atoms with van der Waals surface area (Å²) >= 11 is 0. The standard InChI is InChI=1S/C24H35N3O2/c1-16(2)21(22(28)27(3)9-7-20-6-4-5-8-25-20)26-23(29)24-13-17-10-18(14-24)12-19(11-17)15-24/h4-6,8,16-19,21H,7,9-15H2,1-3H3,(H,26,29). The van der Waals surface area contributed by atoms with Crippen LogP contribution in [0, 0.1) is 29.1 Å². The Bertz CT molecular complexity index is 710. The van der Waals surface area contributed by atoms with E-state index in [2.05, 4.69) is 10.3 Å². The van der Waals surface area contributed by atoms with Crippen molar-refractivity contribution < 1.29 is 9.59 Å². The third-order valence-electron chi connectivity index (χ3n) is 7.54. The van der Waals surface area contributed by atoms with Gasteiger partial charge in [0.25, 0.3) is 0 Å². The van der Waals surface area contributed by atoms with E-state index in [0.29, 0.717) is 6.54 Å². The fraction of sp³-hybridized carbons (Fsp3) is 0.708. The predicted octanol–water partition coefficient (Wildman–Crippen LogP) is 3.44. The second kappa shape index (κ2) is 8.08. The summed E-state index contributed by atoms with van der Waals surface area (Å²) in [6, 6.07) is 5.39. The van der Waals surface area contributed by atoms with Gasteiger partial charge in [-0.25, -0.2) is 0 Å². The van der Waals surface area contributed by atoms with Crippen molar-refractivity contribution >= 4 is 11.8 Å². The topological polar surface area (TPSA) is 62.3 Å². The minimum Gasteiger partial charge on any atom is -0.344 e. The Hall–Kier alpha value is -1.91. The number of hydrogen-bond acceptors (Lipinski definition) is 3. The maximum absolute atomic E-state index is 13.4. The molecule has 5 heteroatoms.